The van der Waals surface area contributed by atoms with Crippen LogP contribution in [0.3, 0.4) is 0 Å². The first-order valence-electron chi connectivity index (χ1n) is 7.34. The summed E-state index contributed by atoms with van der Waals surface area (Å²) in [6.07, 6.45) is 8.09. The molecule has 0 aromatic heterocycles. The smallest absolute Gasteiger partial charge is 1.00 e. The molecule has 0 nitrogen and oxygen atoms in total. The Morgan fingerprint density at radius 3 is 2.62 bits per heavy atom. The Hall–Kier alpha value is 0.693. The summed E-state index contributed by atoms with van der Waals surface area (Å²) in [4.78, 5) is 1.45. The molecule has 1 aromatic rings. The molecular weight excluding hydrogens is 522 g/mol. The maximum absolute atomic E-state index is 6.17. The Morgan fingerprint density at radius 2 is 1.88 bits per heavy atom. The number of halogens is 3. The zero-order valence-corrected chi connectivity index (χ0v) is 20.4. The Morgan fingerprint density at radius 1 is 1.12 bits per heavy atom. The van der Waals surface area contributed by atoms with Crippen molar-refractivity contribution < 1.29 is 44.5 Å². The molecule has 0 bridgehead atoms. The summed E-state index contributed by atoms with van der Waals surface area (Å²) >= 11 is 3.52. The van der Waals surface area contributed by atoms with E-state index < -0.39 is 19.7 Å². The van der Waals surface area contributed by atoms with Crippen molar-refractivity contribution >= 4 is 45.9 Å². The van der Waals surface area contributed by atoms with Crippen LogP contribution in [0.5, 0.6) is 0 Å². The van der Waals surface area contributed by atoms with Gasteiger partial charge in [-0.15, -0.1) is 0 Å². The minimum atomic E-state index is -2.18. The van der Waals surface area contributed by atoms with Gasteiger partial charge in [0.1, 0.15) is 0 Å². The molecule has 0 saturated carbocycles. The van der Waals surface area contributed by atoms with Gasteiger partial charge in [-0.25, -0.2) is 0 Å². The van der Waals surface area contributed by atoms with Gasteiger partial charge in [-0.1, -0.05) is 0 Å². The zero-order chi connectivity index (χ0) is 15.4. The third-order valence-corrected chi connectivity index (χ3v) is 14.3. The minimum Gasteiger partial charge on any atom is -1.00 e. The van der Waals surface area contributed by atoms with E-state index in [0.29, 0.717) is 0 Å². The van der Waals surface area contributed by atoms with Crippen molar-refractivity contribution in [3.05, 3.63) is 64.8 Å². The van der Waals surface area contributed by atoms with Crippen LogP contribution in [-0.2, 0) is 26.1 Å². The summed E-state index contributed by atoms with van der Waals surface area (Å²) in [5.41, 5.74) is 7.18. The van der Waals surface area contributed by atoms with E-state index in [-0.39, 0.29) is 24.8 Å². The van der Waals surface area contributed by atoms with Crippen LogP contribution in [0.4, 0.5) is 0 Å². The Bertz CT molecular complexity index is 866. The first-order chi connectivity index (χ1) is 10.5. The van der Waals surface area contributed by atoms with Gasteiger partial charge < -0.3 is 24.8 Å². The molecule has 3 aliphatic rings. The van der Waals surface area contributed by atoms with Crippen molar-refractivity contribution in [3.8, 4) is 0 Å². The molecule has 0 saturated heterocycles. The van der Waals surface area contributed by atoms with E-state index in [9.17, 15) is 0 Å². The van der Waals surface area contributed by atoms with Crippen molar-refractivity contribution in [2.75, 3.05) is 5.75 Å². The Labute approximate surface area is 179 Å². The number of fused-ring (bicyclic) bond motifs is 2. The van der Waals surface area contributed by atoms with Gasteiger partial charge in [0.15, 0.2) is 0 Å². The summed E-state index contributed by atoms with van der Waals surface area (Å²) in [5.74, 6) is 1.12. The van der Waals surface area contributed by atoms with Crippen molar-refractivity contribution in [1.82, 2.24) is 0 Å². The maximum Gasteiger partial charge on any atom is -1.00 e. The fourth-order valence-electron chi connectivity index (χ4n) is 3.32. The number of benzene rings is 1. The summed E-state index contributed by atoms with van der Waals surface area (Å²) in [6, 6.07) is 4.51. The predicted molar refractivity (Wildman–Crippen MR) is 100 cm³/mol. The van der Waals surface area contributed by atoms with Crippen LogP contribution in [0, 0.1) is 0 Å². The zero-order valence-electron chi connectivity index (χ0n) is 13.3. The molecule has 0 amide bonds. The summed E-state index contributed by atoms with van der Waals surface area (Å²) < 4.78 is 4.34. The molecule has 4 rings (SSSR count). The monoisotopic (exact) mass is 534 g/mol. The first-order valence-corrected chi connectivity index (χ1v) is 15.0. The van der Waals surface area contributed by atoms with Gasteiger partial charge in [-0.05, 0) is 0 Å². The molecule has 0 fully saturated rings. The van der Waals surface area contributed by atoms with Crippen LogP contribution in [0.2, 0.25) is 0 Å². The second-order valence-electron chi connectivity index (χ2n) is 6.06. The Kier molecular flexibility index (Phi) is 7.13. The summed E-state index contributed by atoms with van der Waals surface area (Å²) in [7, 11) is 6.17. The van der Waals surface area contributed by atoms with Crippen LogP contribution in [0.1, 0.15) is 25.0 Å². The van der Waals surface area contributed by atoms with Gasteiger partial charge >= 0.3 is 156 Å². The third kappa shape index (κ3) is 3.57. The average Bonchev–Trinajstić information content (AvgIpc) is 3.12. The van der Waals surface area contributed by atoms with Gasteiger partial charge in [0.2, 0.25) is 0 Å². The van der Waals surface area contributed by atoms with Crippen LogP contribution in [0.25, 0.3) is 6.08 Å². The van der Waals surface area contributed by atoms with Gasteiger partial charge in [0.25, 0.3) is 0 Å². The number of thioether (sulfide) groups is 1. The topological polar surface area (TPSA) is 0 Å². The second-order valence-corrected chi connectivity index (χ2v) is 14.8. The standard InChI is InChI=1S/C10H8Br.C8H7S.2ClH.S.Zr/c1-7-5-8-3-2-4-10(11)9(8)6-7;1-6-4-7-2-3-9-8(7)5-6;;;;/h2,4-5H,6H2,1H3;4-5H,3H2,1H3;2*1H;;/q;;;;;+2/p-2. The normalized spacial score (nSPS) is 17.0. The van der Waals surface area contributed by atoms with E-state index in [1.165, 1.54) is 40.5 Å². The van der Waals surface area contributed by atoms with E-state index in [0.717, 1.165) is 12.2 Å². The average molecular weight is 537 g/mol. The Balaban J connectivity index is 0.00000104. The van der Waals surface area contributed by atoms with Crippen LogP contribution in [-0.4, -0.2) is 5.75 Å². The van der Waals surface area contributed by atoms with Crippen molar-refractivity contribution in [2.45, 2.75) is 20.3 Å². The molecule has 2 aliphatic carbocycles. The third-order valence-electron chi connectivity index (χ3n) is 4.36. The summed E-state index contributed by atoms with van der Waals surface area (Å²) in [6.45, 7) is 4.41. The van der Waals surface area contributed by atoms with Gasteiger partial charge in [0, 0.05) is 0 Å². The fourth-order valence-corrected chi connectivity index (χ4v) is 13.1. The second kappa shape index (κ2) is 8.15. The number of hydrogen-bond donors (Lipinski definition) is 0. The molecule has 1 heterocycles. The molecular formula is C18H15BrCl2S2Zr. The fraction of sp³-hybridized carbons (Fsp3) is 0.222. The van der Waals surface area contributed by atoms with Gasteiger partial charge in [-0.2, -0.15) is 0 Å². The van der Waals surface area contributed by atoms with Crippen molar-refractivity contribution in [2.24, 2.45) is 0 Å². The number of allylic oxidation sites excluding steroid dienone is 5. The molecule has 0 unspecified atom stereocenters. The molecule has 124 valence electrons. The van der Waals surface area contributed by atoms with Crippen LogP contribution in [0.15, 0.2) is 53.7 Å². The SMILES string of the molecule is CC1=CC2=[C]([Zr+2](=[S])[c]3ccc(Br)c4c3C=C(C)C4)CSC2=C1.[Cl-].[Cl-]. The predicted octanol–water partition coefficient (Wildman–Crippen LogP) is -0.383. The van der Waals surface area contributed by atoms with E-state index in [4.69, 9.17) is 8.86 Å². The largest absolute Gasteiger partial charge is 1.00 e. The molecule has 0 atom stereocenters. The molecule has 0 N–H and O–H groups in total. The molecule has 1 aromatic carbocycles. The van der Waals surface area contributed by atoms with E-state index in [1.807, 2.05) is 11.8 Å². The molecule has 6 heteroatoms. The molecule has 1 aliphatic heterocycles. The summed E-state index contributed by atoms with van der Waals surface area (Å²) in [5, 5.41) is 0. The molecule has 0 spiro atoms. The van der Waals surface area contributed by atoms with E-state index in [2.05, 4.69) is 60.1 Å². The van der Waals surface area contributed by atoms with E-state index >= 15 is 0 Å². The number of hydrogen-bond acceptors (Lipinski definition) is 2. The van der Waals surface area contributed by atoms with Crippen molar-refractivity contribution in [3.63, 3.8) is 0 Å². The minimum absolute atomic E-state index is 0. The van der Waals surface area contributed by atoms with Crippen LogP contribution < -0.4 is 28.1 Å². The molecule has 24 heavy (non-hydrogen) atoms. The van der Waals surface area contributed by atoms with Crippen molar-refractivity contribution in [1.29, 1.82) is 0 Å². The van der Waals surface area contributed by atoms with E-state index in [1.54, 1.807) is 3.28 Å². The van der Waals surface area contributed by atoms with Crippen LogP contribution >= 0.6 is 36.5 Å². The first kappa shape index (κ1) is 21.0. The van der Waals surface area contributed by atoms with Gasteiger partial charge in [0.05, 0.1) is 0 Å². The maximum atomic E-state index is 6.17. The quantitative estimate of drug-likeness (QED) is 0.505. The molecule has 0 radical (unpaired) electrons. The number of rotatable bonds is 2. The van der Waals surface area contributed by atoms with Gasteiger partial charge in [-0.3, -0.25) is 0 Å².